The van der Waals surface area contributed by atoms with Gasteiger partial charge < -0.3 is 5.73 Å². The fourth-order valence-corrected chi connectivity index (χ4v) is 3.36. The maximum atomic E-state index is 13.2. The molecule has 2 aromatic carbocycles. The van der Waals surface area contributed by atoms with Crippen molar-refractivity contribution in [2.45, 2.75) is 19.3 Å². The van der Waals surface area contributed by atoms with Crippen LogP contribution in [0, 0.1) is 5.82 Å². The number of rotatable bonds is 3. The number of hydrogen-bond donors (Lipinski definition) is 1. The Labute approximate surface area is 121 Å². The molecule has 102 valence electrons. The molecule has 0 saturated carbocycles. The molecule has 1 unspecified atom stereocenters. The van der Waals surface area contributed by atoms with E-state index in [1.807, 2.05) is 24.3 Å². The third-order valence-electron chi connectivity index (χ3n) is 3.38. The van der Waals surface area contributed by atoms with Crippen molar-refractivity contribution in [1.29, 1.82) is 0 Å². The number of nitrogen functional groups attached to an aromatic ring is 1. The van der Waals surface area contributed by atoms with E-state index in [0.717, 1.165) is 27.3 Å². The number of thiazole rings is 1. The van der Waals surface area contributed by atoms with Gasteiger partial charge in [0.15, 0.2) is 0 Å². The van der Waals surface area contributed by atoms with Crippen LogP contribution in [0.15, 0.2) is 42.5 Å². The highest BCUT2D eigenvalue weighted by atomic mass is 32.1. The quantitative estimate of drug-likeness (QED) is 0.726. The molecule has 0 aliphatic carbocycles. The number of benzene rings is 2. The fraction of sp³-hybridized carbons (Fsp3) is 0.188. The number of hydrogen-bond acceptors (Lipinski definition) is 3. The maximum Gasteiger partial charge on any atom is 0.124 e. The molecule has 0 spiro atoms. The van der Waals surface area contributed by atoms with Gasteiger partial charge in [-0.25, -0.2) is 9.37 Å². The molecule has 2 N–H and O–H groups in total. The number of halogens is 1. The first-order chi connectivity index (χ1) is 9.61. The fourth-order valence-electron chi connectivity index (χ4n) is 2.24. The number of nitrogens with zero attached hydrogens (tertiary/aromatic N) is 1. The van der Waals surface area contributed by atoms with Gasteiger partial charge in [0.05, 0.1) is 15.2 Å². The summed E-state index contributed by atoms with van der Waals surface area (Å²) in [5.74, 6) is 0.153. The Kier molecular flexibility index (Phi) is 3.40. The molecule has 0 radical (unpaired) electrons. The zero-order valence-electron chi connectivity index (χ0n) is 11.1. The van der Waals surface area contributed by atoms with E-state index in [9.17, 15) is 4.39 Å². The van der Waals surface area contributed by atoms with Gasteiger partial charge in [-0.1, -0.05) is 19.1 Å². The Bertz CT molecular complexity index is 734. The monoisotopic (exact) mass is 286 g/mol. The average molecular weight is 286 g/mol. The van der Waals surface area contributed by atoms with Crippen molar-refractivity contribution >= 4 is 27.2 Å². The van der Waals surface area contributed by atoms with Gasteiger partial charge in [0.25, 0.3) is 0 Å². The lowest BCUT2D eigenvalue weighted by Gasteiger charge is -2.09. The SMILES string of the molecule is CC(Cc1nc2ccc(F)cc2s1)c1ccc(N)cc1. The molecule has 20 heavy (non-hydrogen) atoms. The van der Waals surface area contributed by atoms with Crippen LogP contribution in [-0.4, -0.2) is 4.98 Å². The molecule has 1 heterocycles. The van der Waals surface area contributed by atoms with Crippen molar-refractivity contribution in [3.05, 3.63) is 58.9 Å². The number of nitrogens with two attached hydrogens (primary N) is 1. The summed E-state index contributed by atoms with van der Waals surface area (Å²) in [7, 11) is 0. The van der Waals surface area contributed by atoms with Crippen LogP contribution in [0.2, 0.25) is 0 Å². The predicted octanol–water partition coefficient (Wildman–Crippen LogP) is 4.36. The molecule has 2 nitrogen and oxygen atoms in total. The zero-order valence-corrected chi connectivity index (χ0v) is 12.0. The Morgan fingerprint density at radius 2 is 1.95 bits per heavy atom. The van der Waals surface area contributed by atoms with E-state index >= 15 is 0 Å². The highest BCUT2D eigenvalue weighted by Crippen LogP contribution is 2.28. The third kappa shape index (κ3) is 2.65. The van der Waals surface area contributed by atoms with Crippen molar-refractivity contribution in [3.8, 4) is 0 Å². The van der Waals surface area contributed by atoms with Crippen LogP contribution in [0.1, 0.15) is 23.4 Å². The van der Waals surface area contributed by atoms with Crippen LogP contribution in [0.3, 0.4) is 0 Å². The van der Waals surface area contributed by atoms with E-state index in [-0.39, 0.29) is 5.82 Å². The minimum Gasteiger partial charge on any atom is -0.399 e. The Balaban J connectivity index is 1.83. The average Bonchev–Trinajstić information content (AvgIpc) is 2.80. The minimum atomic E-state index is -0.209. The van der Waals surface area contributed by atoms with E-state index in [1.165, 1.54) is 11.6 Å². The molecule has 3 aromatic rings. The molecule has 0 amide bonds. The summed E-state index contributed by atoms with van der Waals surface area (Å²) in [5.41, 5.74) is 8.58. The normalized spacial score (nSPS) is 12.7. The molecular weight excluding hydrogens is 271 g/mol. The summed E-state index contributed by atoms with van der Waals surface area (Å²) in [4.78, 5) is 4.56. The summed E-state index contributed by atoms with van der Waals surface area (Å²) in [6.45, 7) is 2.16. The van der Waals surface area contributed by atoms with E-state index in [4.69, 9.17) is 5.73 Å². The van der Waals surface area contributed by atoms with E-state index in [2.05, 4.69) is 11.9 Å². The first kappa shape index (κ1) is 13.1. The molecule has 0 fully saturated rings. The van der Waals surface area contributed by atoms with Gasteiger partial charge in [-0.15, -0.1) is 11.3 Å². The summed E-state index contributed by atoms with van der Waals surface area (Å²) in [5, 5.41) is 1.04. The van der Waals surface area contributed by atoms with Crippen molar-refractivity contribution in [1.82, 2.24) is 4.98 Å². The van der Waals surface area contributed by atoms with Gasteiger partial charge >= 0.3 is 0 Å². The van der Waals surface area contributed by atoms with Gasteiger partial charge in [0, 0.05) is 12.1 Å². The third-order valence-corrected chi connectivity index (χ3v) is 4.42. The summed E-state index contributed by atoms with van der Waals surface area (Å²) in [6, 6.07) is 12.7. The maximum absolute atomic E-state index is 13.2. The van der Waals surface area contributed by atoms with Crippen molar-refractivity contribution < 1.29 is 4.39 Å². The first-order valence-corrected chi connectivity index (χ1v) is 7.34. The molecule has 1 atom stereocenters. The van der Waals surface area contributed by atoms with Crippen molar-refractivity contribution in [2.75, 3.05) is 5.73 Å². The van der Waals surface area contributed by atoms with Crippen LogP contribution < -0.4 is 5.73 Å². The summed E-state index contributed by atoms with van der Waals surface area (Å²) < 4.78 is 14.1. The zero-order chi connectivity index (χ0) is 14.1. The molecule has 0 saturated heterocycles. The topological polar surface area (TPSA) is 38.9 Å². The second kappa shape index (κ2) is 5.21. The summed E-state index contributed by atoms with van der Waals surface area (Å²) >= 11 is 1.56. The number of aromatic nitrogens is 1. The lowest BCUT2D eigenvalue weighted by Crippen LogP contribution is -1.98. The highest BCUT2D eigenvalue weighted by molar-refractivity contribution is 7.18. The molecule has 1 aromatic heterocycles. The van der Waals surface area contributed by atoms with Gasteiger partial charge in [0.2, 0.25) is 0 Å². The van der Waals surface area contributed by atoms with Crippen LogP contribution in [0.4, 0.5) is 10.1 Å². The van der Waals surface area contributed by atoms with E-state index in [1.54, 1.807) is 23.5 Å². The van der Waals surface area contributed by atoms with Crippen LogP contribution in [-0.2, 0) is 6.42 Å². The lowest BCUT2D eigenvalue weighted by molar-refractivity contribution is 0.630. The lowest BCUT2D eigenvalue weighted by atomic mass is 9.98. The van der Waals surface area contributed by atoms with Crippen LogP contribution in [0.25, 0.3) is 10.2 Å². The Hall–Kier alpha value is -1.94. The smallest absolute Gasteiger partial charge is 0.124 e. The van der Waals surface area contributed by atoms with E-state index < -0.39 is 0 Å². The highest BCUT2D eigenvalue weighted by Gasteiger charge is 2.11. The molecular formula is C16H15FN2S. The van der Waals surface area contributed by atoms with E-state index in [0.29, 0.717) is 5.92 Å². The van der Waals surface area contributed by atoms with Crippen molar-refractivity contribution in [2.24, 2.45) is 0 Å². The van der Waals surface area contributed by atoms with Gasteiger partial charge in [-0.05, 0) is 41.8 Å². The van der Waals surface area contributed by atoms with Crippen LogP contribution in [0.5, 0.6) is 0 Å². The summed E-state index contributed by atoms with van der Waals surface area (Å²) in [6.07, 6.45) is 0.852. The van der Waals surface area contributed by atoms with Gasteiger partial charge in [-0.3, -0.25) is 0 Å². The number of anilines is 1. The number of fused-ring (bicyclic) bond motifs is 1. The molecule has 0 aliphatic rings. The second-order valence-corrected chi connectivity index (χ2v) is 6.11. The van der Waals surface area contributed by atoms with Crippen LogP contribution >= 0.6 is 11.3 Å². The molecule has 0 bridgehead atoms. The van der Waals surface area contributed by atoms with Gasteiger partial charge in [-0.2, -0.15) is 0 Å². The molecule has 0 aliphatic heterocycles. The Morgan fingerprint density at radius 3 is 2.70 bits per heavy atom. The predicted molar refractivity (Wildman–Crippen MR) is 82.6 cm³/mol. The first-order valence-electron chi connectivity index (χ1n) is 6.52. The van der Waals surface area contributed by atoms with Crippen molar-refractivity contribution in [3.63, 3.8) is 0 Å². The molecule has 4 heteroatoms. The standard InChI is InChI=1S/C16H15FN2S/c1-10(11-2-5-13(18)6-3-11)8-16-19-14-7-4-12(17)9-15(14)20-16/h2-7,9-10H,8,18H2,1H3. The minimum absolute atomic E-state index is 0.209. The van der Waals surface area contributed by atoms with Gasteiger partial charge in [0.1, 0.15) is 5.82 Å². The largest absolute Gasteiger partial charge is 0.399 e. The second-order valence-electron chi connectivity index (χ2n) is 4.99. The Morgan fingerprint density at radius 1 is 1.20 bits per heavy atom. The molecule has 3 rings (SSSR count).